The molecule has 6 nitrogen and oxygen atoms in total. The quantitative estimate of drug-likeness (QED) is 0.454. The summed E-state index contributed by atoms with van der Waals surface area (Å²) < 4.78 is 11.4. The minimum atomic E-state index is -0.0144. The van der Waals surface area contributed by atoms with Gasteiger partial charge in [-0.2, -0.15) is 0 Å². The van der Waals surface area contributed by atoms with Gasteiger partial charge in [-0.25, -0.2) is 0 Å². The van der Waals surface area contributed by atoms with Gasteiger partial charge in [-0.3, -0.25) is 4.79 Å². The summed E-state index contributed by atoms with van der Waals surface area (Å²) in [5, 5.41) is 8.69. The number of nitrogens with zero attached hydrogens (tertiary/aromatic N) is 2. The number of ketones is 1. The summed E-state index contributed by atoms with van der Waals surface area (Å²) in [6.07, 6.45) is 0. The van der Waals surface area contributed by atoms with Gasteiger partial charge in [-0.15, -0.1) is 0 Å². The standard InChI is InChI=1S/C25H21N3O3/c1-15-6-8-16(9-7-15)26-19-14-20(28-10-12-30-13-11-28)23-22-21(19)24(29)17-4-2-3-5-18(17)25(22)31-27-23/h2-9,14,26H,10-13H2,1H3. The second kappa shape index (κ2) is 6.96. The Morgan fingerprint density at radius 3 is 2.52 bits per heavy atom. The molecular formula is C25H21N3O3. The zero-order valence-corrected chi connectivity index (χ0v) is 17.1. The van der Waals surface area contributed by atoms with E-state index < -0.39 is 0 Å². The lowest BCUT2D eigenvalue weighted by atomic mass is 9.86. The molecule has 0 atom stereocenters. The van der Waals surface area contributed by atoms with Crippen LogP contribution in [0.25, 0.3) is 22.2 Å². The summed E-state index contributed by atoms with van der Waals surface area (Å²) >= 11 is 0. The van der Waals surface area contributed by atoms with Crippen molar-refractivity contribution in [2.75, 3.05) is 36.5 Å². The van der Waals surface area contributed by atoms with Gasteiger partial charge in [0.25, 0.3) is 0 Å². The van der Waals surface area contributed by atoms with E-state index in [1.807, 2.05) is 42.5 Å². The fraction of sp³-hybridized carbons (Fsp3) is 0.200. The molecule has 1 aliphatic heterocycles. The van der Waals surface area contributed by atoms with Gasteiger partial charge in [-0.1, -0.05) is 47.1 Å². The molecule has 2 heterocycles. The number of carbonyl (C=O) groups is 1. The molecule has 2 aliphatic rings. The van der Waals surface area contributed by atoms with Gasteiger partial charge in [0.2, 0.25) is 0 Å². The van der Waals surface area contributed by atoms with Crippen LogP contribution in [-0.2, 0) is 4.74 Å². The van der Waals surface area contributed by atoms with Crippen molar-refractivity contribution in [2.45, 2.75) is 6.92 Å². The van der Waals surface area contributed by atoms with Crippen LogP contribution in [0.5, 0.6) is 0 Å². The number of rotatable bonds is 3. The lowest BCUT2D eigenvalue weighted by Crippen LogP contribution is -2.36. The van der Waals surface area contributed by atoms with E-state index in [9.17, 15) is 4.79 Å². The summed E-state index contributed by atoms with van der Waals surface area (Å²) in [5.41, 5.74) is 6.61. The molecule has 0 bridgehead atoms. The minimum Gasteiger partial charge on any atom is -0.378 e. The van der Waals surface area contributed by atoms with Gasteiger partial charge < -0.3 is 19.5 Å². The molecule has 0 unspecified atom stereocenters. The van der Waals surface area contributed by atoms with Gasteiger partial charge in [-0.05, 0) is 25.1 Å². The van der Waals surface area contributed by atoms with Crippen LogP contribution >= 0.6 is 0 Å². The number of ether oxygens (including phenoxy) is 1. The average molecular weight is 411 g/mol. The molecule has 0 spiro atoms. The Kier molecular flexibility index (Phi) is 4.07. The van der Waals surface area contributed by atoms with E-state index in [1.54, 1.807) is 0 Å². The first kappa shape index (κ1) is 18.2. The lowest BCUT2D eigenvalue weighted by molar-refractivity contribution is 0.104. The van der Waals surface area contributed by atoms with Crippen LogP contribution in [0.2, 0.25) is 0 Å². The van der Waals surface area contributed by atoms with E-state index in [0.717, 1.165) is 46.6 Å². The molecule has 4 aromatic rings. The number of benzene rings is 3. The molecule has 6 rings (SSSR count). The maximum Gasteiger partial charge on any atom is 0.196 e. The summed E-state index contributed by atoms with van der Waals surface area (Å²) in [6, 6.07) is 17.8. The van der Waals surface area contributed by atoms with Gasteiger partial charge in [0.1, 0.15) is 5.52 Å². The SMILES string of the molecule is Cc1ccc(Nc2cc(N3CCOCC3)c3noc4c3c2C(=O)c2ccccc2-4)cc1. The topological polar surface area (TPSA) is 67.6 Å². The molecule has 154 valence electrons. The van der Waals surface area contributed by atoms with Gasteiger partial charge in [0.05, 0.1) is 35.5 Å². The predicted octanol–water partition coefficient (Wildman–Crippen LogP) is 4.93. The zero-order valence-electron chi connectivity index (χ0n) is 17.1. The first-order valence-electron chi connectivity index (χ1n) is 10.5. The largest absolute Gasteiger partial charge is 0.378 e. The molecule has 1 aromatic heterocycles. The van der Waals surface area contributed by atoms with Crippen LogP contribution in [0, 0.1) is 6.92 Å². The number of anilines is 3. The second-order valence-electron chi connectivity index (χ2n) is 8.02. The van der Waals surface area contributed by atoms with Crippen molar-refractivity contribution >= 4 is 33.7 Å². The predicted molar refractivity (Wildman–Crippen MR) is 120 cm³/mol. The molecule has 1 N–H and O–H groups in total. The molecule has 0 radical (unpaired) electrons. The Bertz CT molecular complexity index is 1320. The Morgan fingerprint density at radius 1 is 1.00 bits per heavy atom. The van der Waals surface area contributed by atoms with Gasteiger partial charge in [0, 0.05) is 29.9 Å². The maximum atomic E-state index is 13.6. The van der Waals surface area contributed by atoms with Crippen LogP contribution < -0.4 is 10.2 Å². The molecule has 1 saturated heterocycles. The van der Waals surface area contributed by atoms with Crippen molar-refractivity contribution in [2.24, 2.45) is 0 Å². The molecule has 1 aliphatic carbocycles. The molecule has 1 fully saturated rings. The van der Waals surface area contributed by atoms with Crippen molar-refractivity contribution in [3.05, 3.63) is 71.3 Å². The third-order valence-corrected chi connectivity index (χ3v) is 6.06. The van der Waals surface area contributed by atoms with E-state index in [0.29, 0.717) is 30.1 Å². The first-order valence-corrected chi connectivity index (χ1v) is 10.5. The van der Waals surface area contributed by atoms with E-state index in [1.165, 1.54) is 5.56 Å². The van der Waals surface area contributed by atoms with Crippen molar-refractivity contribution in [3.63, 3.8) is 0 Å². The fourth-order valence-electron chi connectivity index (χ4n) is 4.48. The normalized spacial score (nSPS) is 15.3. The summed E-state index contributed by atoms with van der Waals surface area (Å²) in [5.74, 6) is 0.640. The molecule has 3 aromatic carbocycles. The highest BCUT2D eigenvalue weighted by molar-refractivity contribution is 6.28. The highest BCUT2D eigenvalue weighted by Crippen LogP contribution is 2.46. The van der Waals surface area contributed by atoms with E-state index in [4.69, 9.17) is 9.26 Å². The number of aryl methyl sites for hydroxylation is 1. The van der Waals surface area contributed by atoms with Gasteiger partial charge >= 0.3 is 0 Å². The fourth-order valence-corrected chi connectivity index (χ4v) is 4.48. The highest BCUT2D eigenvalue weighted by Gasteiger charge is 2.33. The van der Waals surface area contributed by atoms with Crippen LogP contribution in [0.15, 0.2) is 59.1 Å². The van der Waals surface area contributed by atoms with E-state index in [-0.39, 0.29) is 5.78 Å². The van der Waals surface area contributed by atoms with Crippen molar-refractivity contribution < 1.29 is 14.1 Å². The monoisotopic (exact) mass is 411 g/mol. The van der Waals surface area contributed by atoms with Crippen molar-refractivity contribution in [1.29, 1.82) is 0 Å². The first-order chi connectivity index (χ1) is 15.2. The molecule has 0 amide bonds. The molecule has 31 heavy (non-hydrogen) atoms. The van der Waals surface area contributed by atoms with Gasteiger partial charge in [0.15, 0.2) is 11.5 Å². The van der Waals surface area contributed by atoms with E-state index >= 15 is 0 Å². The molecule has 6 heteroatoms. The van der Waals surface area contributed by atoms with Crippen LogP contribution in [0.1, 0.15) is 21.5 Å². The average Bonchev–Trinajstić information content (AvgIpc) is 3.25. The zero-order chi connectivity index (χ0) is 20.9. The lowest BCUT2D eigenvalue weighted by Gasteiger charge is -2.30. The number of aromatic nitrogens is 1. The number of hydrogen-bond acceptors (Lipinski definition) is 6. The number of morpholine rings is 1. The Labute approximate surface area is 179 Å². The second-order valence-corrected chi connectivity index (χ2v) is 8.02. The smallest absolute Gasteiger partial charge is 0.196 e. The van der Waals surface area contributed by atoms with Crippen LogP contribution in [0.3, 0.4) is 0 Å². The molecular weight excluding hydrogens is 390 g/mol. The third-order valence-electron chi connectivity index (χ3n) is 6.06. The summed E-state index contributed by atoms with van der Waals surface area (Å²) in [7, 11) is 0. The number of hydrogen-bond donors (Lipinski definition) is 1. The summed E-state index contributed by atoms with van der Waals surface area (Å²) in [4.78, 5) is 15.9. The Balaban J connectivity index is 1.61. The Hall–Kier alpha value is -3.64. The number of carbonyl (C=O) groups excluding carboxylic acids is 1. The highest BCUT2D eigenvalue weighted by atomic mass is 16.5. The van der Waals surface area contributed by atoms with E-state index in [2.05, 4.69) is 34.4 Å². The maximum absolute atomic E-state index is 13.6. The number of nitrogens with one attached hydrogen (secondary N) is 1. The number of fused-ring (bicyclic) bond motifs is 2. The van der Waals surface area contributed by atoms with Crippen molar-refractivity contribution in [3.8, 4) is 11.3 Å². The Morgan fingerprint density at radius 2 is 1.74 bits per heavy atom. The molecule has 0 saturated carbocycles. The van der Waals surface area contributed by atoms with Crippen LogP contribution in [0.4, 0.5) is 17.1 Å². The van der Waals surface area contributed by atoms with Crippen LogP contribution in [-0.4, -0.2) is 37.2 Å². The minimum absolute atomic E-state index is 0.0144. The summed E-state index contributed by atoms with van der Waals surface area (Å²) in [6.45, 7) is 4.92. The van der Waals surface area contributed by atoms with Crippen molar-refractivity contribution in [1.82, 2.24) is 5.16 Å². The third kappa shape index (κ3) is 2.83.